The predicted molar refractivity (Wildman–Crippen MR) is 80.7 cm³/mol. The van der Waals surface area contributed by atoms with E-state index in [1.165, 1.54) is 11.4 Å². The van der Waals surface area contributed by atoms with E-state index in [1.807, 2.05) is 12.3 Å². The number of pyridine rings is 1. The maximum absolute atomic E-state index is 4.59. The van der Waals surface area contributed by atoms with Crippen molar-refractivity contribution in [3.63, 3.8) is 0 Å². The van der Waals surface area contributed by atoms with Crippen LogP contribution in [0.1, 0.15) is 26.5 Å². The van der Waals surface area contributed by atoms with Crippen molar-refractivity contribution >= 4 is 32.1 Å². The molecule has 0 aromatic carbocycles. The third-order valence-corrected chi connectivity index (χ3v) is 8.77. The molecule has 4 unspecified atom stereocenters. The van der Waals surface area contributed by atoms with Crippen molar-refractivity contribution in [3.05, 3.63) is 24.0 Å². The molecule has 4 atom stereocenters. The van der Waals surface area contributed by atoms with Gasteiger partial charge in [-0.15, -0.1) is 18.2 Å². The summed E-state index contributed by atoms with van der Waals surface area (Å²) >= 11 is 0. The summed E-state index contributed by atoms with van der Waals surface area (Å²) in [4.78, 5) is 7.06. The van der Waals surface area contributed by atoms with Crippen LogP contribution in [-0.4, -0.2) is 16.5 Å². The fourth-order valence-corrected chi connectivity index (χ4v) is 5.40. The fraction of sp³-hybridized carbons (Fsp3) is 0.545. The zero-order chi connectivity index (χ0) is 12.0. The maximum Gasteiger partial charge on any atom is 0.0843 e. The molecular weight excluding hydrogens is 253 g/mol. The summed E-state index contributed by atoms with van der Waals surface area (Å²) in [6.07, 6.45) is 1.90. The SMILES string of the molecule is CCN1c2cccnc2C(C)(C)C1(P)PP. The summed E-state index contributed by atoms with van der Waals surface area (Å²) in [5.41, 5.74) is 2.59. The van der Waals surface area contributed by atoms with Gasteiger partial charge in [-0.05, 0) is 19.1 Å². The van der Waals surface area contributed by atoms with Gasteiger partial charge in [-0.1, -0.05) is 22.1 Å². The molecule has 5 heteroatoms. The van der Waals surface area contributed by atoms with Crippen LogP contribution in [-0.2, 0) is 5.41 Å². The Morgan fingerprint density at radius 1 is 1.50 bits per heavy atom. The van der Waals surface area contributed by atoms with E-state index in [2.05, 4.69) is 54.9 Å². The molecule has 0 radical (unpaired) electrons. The van der Waals surface area contributed by atoms with Crippen LogP contribution in [0.3, 0.4) is 0 Å². The minimum atomic E-state index is 0.0739. The van der Waals surface area contributed by atoms with E-state index in [0.29, 0.717) is 0 Å². The van der Waals surface area contributed by atoms with Crippen LogP contribution >= 0.6 is 26.4 Å². The number of aromatic nitrogens is 1. The molecule has 0 N–H and O–H groups in total. The number of nitrogens with zero attached hydrogens (tertiary/aromatic N) is 2. The van der Waals surface area contributed by atoms with E-state index in [-0.39, 0.29) is 10.4 Å². The highest BCUT2D eigenvalue weighted by Gasteiger charge is 2.53. The summed E-state index contributed by atoms with van der Waals surface area (Å²) in [5, 5.41) is 0.0864. The molecule has 0 saturated heterocycles. The zero-order valence-electron chi connectivity index (χ0n) is 9.99. The molecule has 0 bridgehead atoms. The van der Waals surface area contributed by atoms with E-state index in [9.17, 15) is 0 Å². The van der Waals surface area contributed by atoms with Crippen LogP contribution in [0.25, 0.3) is 0 Å². The highest BCUT2D eigenvalue weighted by atomic mass is 32.0. The third-order valence-electron chi connectivity index (χ3n) is 3.58. The van der Waals surface area contributed by atoms with Crippen LogP contribution in [0.5, 0.6) is 0 Å². The molecule has 0 fully saturated rings. The second-order valence-electron chi connectivity index (χ2n) is 4.65. The molecule has 2 heterocycles. The molecule has 2 nitrogen and oxygen atoms in total. The first kappa shape index (κ1) is 12.7. The number of anilines is 1. The predicted octanol–water partition coefficient (Wildman–Crippen LogP) is 3.20. The van der Waals surface area contributed by atoms with Gasteiger partial charge in [-0.25, -0.2) is 0 Å². The second-order valence-corrected chi connectivity index (χ2v) is 7.98. The van der Waals surface area contributed by atoms with Crippen molar-refractivity contribution in [3.8, 4) is 0 Å². The summed E-state index contributed by atoms with van der Waals surface area (Å²) in [6, 6.07) is 4.21. The molecule has 16 heavy (non-hydrogen) atoms. The molecule has 0 aliphatic carbocycles. The van der Waals surface area contributed by atoms with Crippen LogP contribution in [0, 0.1) is 0 Å². The van der Waals surface area contributed by atoms with Gasteiger partial charge in [-0.2, -0.15) is 0 Å². The van der Waals surface area contributed by atoms with Crippen LogP contribution < -0.4 is 4.90 Å². The van der Waals surface area contributed by atoms with Crippen molar-refractivity contribution in [2.24, 2.45) is 0 Å². The maximum atomic E-state index is 4.59. The summed E-state index contributed by atoms with van der Waals surface area (Å²) < 4.78 is 0. The van der Waals surface area contributed by atoms with E-state index in [1.54, 1.807) is 0 Å². The van der Waals surface area contributed by atoms with Crippen molar-refractivity contribution in [1.29, 1.82) is 0 Å². The highest BCUT2D eigenvalue weighted by molar-refractivity contribution is 8.05. The number of likely N-dealkylation sites (N-methyl/N-ethyl adjacent to an activating group) is 1. The molecule has 1 aromatic heterocycles. The number of hydrogen-bond donors (Lipinski definition) is 0. The Balaban J connectivity index is 2.65. The van der Waals surface area contributed by atoms with Crippen LogP contribution in [0.2, 0.25) is 0 Å². The van der Waals surface area contributed by atoms with Gasteiger partial charge in [0.2, 0.25) is 0 Å². The largest absolute Gasteiger partial charge is 0.357 e. The smallest absolute Gasteiger partial charge is 0.0843 e. The van der Waals surface area contributed by atoms with Gasteiger partial charge in [0.25, 0.3) is 0 Å². The fourth-order valence-electron chi connectivity index (χ4n) is 2.48. The lowest BCUT2D eigenvalue weighted by atomic mass is 9.90. The van der Waals surface area contributed by atoms with Gasteiger partial charge >= 0.3 is 0 Å². The molecule has 2 rings (SSSR count). The van der Waals surface area contributed by atoms with Gasteiger partial charge in [0, 0.05) is 18.2 Å². The molecule has 1 aliphatic rings. The van der Waals surface area contributed by atoms with Crippen molar-refractivity contribution in [2.75, 3.05) is 11.4 Å². The lowest BCUT2D eigenvalue weighted by Crippen LogP contribution is -2.46. The molecular formula is C11H19N2P3. The standard InChI is InChI=1S/C11H19N2P3/c1-4-13-8-6-5-7-12-9(8)10(2,3)11(13,14)16-15/h5-7,16H,4,14-15H2,1-3H3. The molecule has 1 aromatic rings. The van der Waals surface area contributed by atoms with Gasteiger partial charge in [-0.3, -0.25) is 4.98 Å². The Bertz CT molecular complexity index is 408. The molecule has 0 saturated carbocycles. The Kier molecular flexibility index (Phi) is 3.30. The monoisotopic (exact) mass is 272 g/mol. The van der Waals surface area contributed by atoms with E-state index in [4.69, 9.17) is 0 Å². The second kappa shape index (κ2) is 4.16. The average molecular weight is 272 g/mol. The first-order valence-electron chi connectivity index (χ1n) is 5.49. The normalized spacial score (nSPS) is 27.7. The van der Waals surface area contributed by atoms with Gasteiger partial charge in [0.05, 0.1) is 16.4 Å². The number of rotatable bonds is 2. The van der Waals surface area contributed by atoms with E-state index < -0.39 is 0 Å². The number of hydrogen-bond acceptors (Lipinski definition) is 2. The topological polar surface area (TPSA) is 16.1 Å². The molecule has 88 valence electrons. The Morgan fingerprint density at radius 2 is 2.19 bits per heavy atom. The summed E-state index contributed by atoms with van der Waals surface area (Å²) in [7, 11) is 6.73. The Hall–Kier alpha value is 0.240. The van der Waals surface area contributed by atoms with Crippen molar-refractivity contribution in [2.45, 2.75) is 31.2 Å². The van der Waals surface area contributed by atoms with Gasteiger partial charge < -0.3 is 4.90 Å². The van der Waals surface area contributed by atoms with E-state index in [0.717, 1.165) is 14.8 Å². The zero-order valence-corrected chi connectivity index (χ0v) is 13.3. The minimum Gasteiger partial charge on any atom is -0.357 e. The minimum absolute atomic E-state index is 0.0739. The van der Waals surface area contributed by atoms with Crippen molar-refractivity contribution < 1.29 is 0 Å². The average Bonchev–Trinajstić information content (AvgIpc) is 2.46. The van der Waals surface area contributed by atoms with E-state index >= 15 is 0 Å². The Labute approximate surface area is 104 Å². The quantitative estimate of drug-likeness (QED) is 0.769. The summed E-state index contributed by atoms with van der Waals surface area (Å²) in [5.74, 6) is 0. The lowest BCUT2D eigenvalue weighted by Gasteiger charge is -2.43. The third kappa shape index (κ3) is 1.47. The first-order chi connectivity index (χ1) is 7.49. The highest BCUT2D eigenvalue weighted by Crippen LogP contribution is 2.63. The first-order valence-corrected chi connectivity index (χ1v) is 8.87. The molecule has 0 spiro atoms. The molecule has 0 amide bonds. The van der Waals surface area contributed by atoms with Crippen molar-refractivity contribution in [1.82, 2.24) is 4.98 Å². The van der Waals surface area contributed by atoms with Crippen LogP contribution in [0.15, 0.2) is 18.3 Å². The van der Waals surface area contributed by atoms with Gasteiger partial charge in [0.15, 0.2) is 0 Å². The van der Waals surface area contributed by atoms with Gasteiger partial charge in [0.1, 0.15) is 0 Å². The summed E-state index contributed by atoms with van der Waals surface area (Å²) in [6.45, 7) is 7.81. The number of fused-ring (bicyclic) bond motifs is 1. The molecule has 1 aliphatic heterocycles. The van der Waals surface area contributed by atoms with Crippen LogP contribution in [0.4, 0.5) is 5.69 Å². The lowest BCUT2D eigenvalue weighted by molar-refractivity contribution is 0.476. The Morgan fingerprint density at radius 3 is 2.75 bits per heavy atom.